The van der Waals surface area contributed by atoms with Gasteiger partial charge in [0.05, 0.1) is 36.2 Å². The number of non-ortho nitro benzene ring substituents is 2. The molecule has 148 valence electrons. The molecule has 0 saturated carbocycles. The first kappa shape index (κ1) is 23.4. The number of rotatable bonds is 5. The van der Waals surface area contributed by atoms with Crippen LogP contribution >= 0.6 is 0 Å². The summed E-state index contributed by atoms with van der Waals surface area (Å²) in [7, 11) is 6.55. The van der Waals surface area contributed by atoms with Crippen LogP contribution in [0.1, 0.15) is 7.43 Å². The number of nitrogens with two attached hydrogens (primary N) is 1. The van der Waals surface area contributed by atoms with Crippen LogP contribution in [-0.4, -0.2) is 38.2 Å². The van der Waals surface area contributed by atoms with E-state index in [2.05, 4.69) is 0 Å². The van der Waals surface area contributed by atoms with E-state index in [1.165, 1.54) is 44.6 Å². The lowest BCUT2D eigenvalue weighted by molar-refractivity contribution is -0.385. The number of hydrogen-bond donors (Lipinski definition) is 1. The first-order chi connectivity index (χ1) is 12.2. The second kappa shape index (κ2) is 10.4. The minimum absolute atomic E-state index is 0. The van der Waals surface area contributed by atoms with Gasteiger partial charge >= 0.3 is 0 Å². The minimum atomic E-state index is -0.515. The molecule has 2 rings (SSSR count). The van der Waals surface area contributed by atoms with Crippen LogP contribution in [0, 0.1) is 20.2 Å². The van der Waals surface area contributed by atoms with Gasteiger partial charge in [-0.25, -0.2) is 0 Å². The van der Waals surface area contributed by atoms with E-state index in [4.69, 9.17) is 15.2 Å². The second-order valence-electron chi connectivity index (χ2n) is 5.26. The largest absolute Gasteiger partial charge is 0.496 e. The van der Waals surface area contributed by atoms with E-state index in [1.54, 1.807) is 11.0 Å². The van der Waals surface area contributed by atoms with Gasteiger partial charge in [-0.3, -0.25) is 20.2 Å². The molecule has 0 aliphatic heterocycles. The average Bonchev–Trinajstić information content (AvgIpc) is 2.60. The molecular weight excluding hydrogens is 356 g/mol. The van der Waals surface area contributed by atoms with Crippen LogP contribution in [0.3, 0.4) is 0 Å². The molecule has 2 aromatic rings. The number of nitro benzene ring substituents is 2. The number of nitrogens with zero attached hydrogens (tertiary/aromatic N) is 3. The summed E-state index contributed by atoms with van der Waals surface area (Å²) in [5.41, 5.74) is 6.43. The Morgan fingerprint density at radius 3 is 1.70 bits per heavy atom. The number of nitrogen functional groups attached to an aromatic ring is 1. The molecule has 27 heavy (non-hydrogen) atoms. The van der Waals surface area contributed by atoms with Crippen molar-refractivity contribution in [3.63, 3.8) is 0 Å². The lowest BCUT2D eigenvalue weighted by Crippen LogP contribution is -2.09. The maximum absolute atomic E-state index is 10.6. The van der Waals surface area contributed by atoms with Crippen LogP contribution in [0.15, 0.2) is 36.4 Å². The van der Waals surface area contributed by atoms with Crippen LogP contribution in [0.2, 0.25) is 0 Å². The van der Waals surface area contributed by atoms with Crippen LogP contribution in [-0.2, 0) is 0 Å². The number of benzene rings is 2. The second-order valence-corrected chi connectivity index (χ2v) is 5.26. The average molecular weight is 380 g/mol. The zero-order valence-corrected chi connectivity index (χ0v) is 14.8. The van der Waals surface area contributed by atoms with E-state index in [9.17, 15) is 20.2 Å². The molecule has 2 aromatic carbocycles. The molecule has 0 aliphatic rings. The monoisotopic (exact) mass is 380 g/mol. The highest BCUT2D eigenvalue weighted by Crippen LogP contribution is 2.27. The van der Waals surface area contributed by atoms with Crippen LogP contribution in [0.25, 0.3) is 0 Å². The summed E-state index contributed by atoms with van der Waals surface area (Å²) in [5.74, 6) is 0.879. The Hall–Kier alpha value is -3.56. The van der Waals surface area contributed by atoms with Gasteiger partial charge in [0.1, 0.15) is 11.5 Å². The van der Waals surface area contributed by atoms with Crippen molar-refractivity contribution in [2.24, 2.45) is 0 Å². The first-order valence-corrected chi connectivity index (χ1v) is 7.27. The Bertz CT molecular complexity index is 795. The summed E-state index contributed by atoms with van der Waals surface area (Å²) >= 11 is 0. The molecule has 0 fully saturated rings. The predicted octanol–water partition coefficient (Wildman–Crippen LogP) is 3.49. The van der Waals surface area contributed by atoms with Crippen molar-refractivity contribution in [2.75, 3.05) is 38.9 Å². The van der Waals surface area contributed by atoms with Gasteiger partial charge in [-0.1, -0.05) is 7.43 Å². The third-order valence-electron chi connectivity index (χ3n) is 3.20. The van der Waals surface area contributed by atoms with Gasteiger partial charge in [-0.2, -0.15) is 0 Å². The van der Waals surface area contributed by atoms with Gasteiger partial charge in [-0.05, 0) is 0 Å². The van der Waals surface area contributed by atoms with E-state index in [0.29, 0.717) is 17.2 Å². The van der Waals surface area contributed by atoms with E-state index in [-0.39, 0.29) is 18.8 Å². The van der Waals surface area contributed by atoms with E-state index >= 15 is 0 Å². The third-order valence-corrected chi connectivity index (χ3v) is 3.20. The SMILES string of the molecule is C.COc1cc(N(C)C)cc([N+](=O)[O-])c1.COc1cc(N)cc([N+](=O)[O-])c1. The number of hydrogen-bond acceptors (Lipinski definition) is 8. The normalized spacial score (nSPS) is 9.19. The molecule has 0 unspecified atom stereocenters. The first-order valence-electron chi connectivity index (χ1n) is 7.27. The van der Waals surface area contributed by atoms with Crippen molar-refractivity contribution in [2.45, 2.75) is 7.43 Å². The number of anilines is 2. The lowest BCUT2D eigenvalue weighted by Gasteiger charge is -2.13. The fraction of sp³-hybridized carbons (Fsp3) is 0.294. The fourth-order valence-corrected chi connectivity index (χ4v) is 1.88. The third kappa shape index (κ3) is 7.06. The molecular formula is C17H24N4O6. The number of nitro groups is 2. The maximum atomic E-state index is 10.6. The van der Waals surface area contributed by atoms with Gasteiger partial charge in [-0.15, -0.1) is 0 Å². The standard InChI is InChI=1S/C9H12N2O3.C7H8N2O3.CH4/c1-10(2)7-4-8(11(12)13)6-9(5-7)14-3;1-12-7-3-5(8)2-6(4-7)9(10)11;/h4-6H,1-3H3;2-4H,8H2,1H3;1H4. The number of methoxy groups -OCH3 is 2. The van der Waals surface area contributed by atoms with Crippen LogP contribution in [0.4, 0.5) is 22.7 Å². The lowest BCUT2D eigenvalue weighted by atomic mass is 10.2. The molecule has 0 heterocycles. The van der Waals surface area contributed by atoms with Crippen molar-refractivity contribution >= 4 is 22.7 Å². The van der Waals surface area contributed by atoms with E-state index in [0.717, 1.165) is 5.69 Å². The molecule has 0 atom stereocenters. The molecule has 10 nitrogen and oxygen atoms in total. The summed E-state index contributed by atoms with van der Waals surface area (Å²) < 4.78 is 9.77. The van der Waals surface area contributed by atoms with E-state index in [1.807, 2.05) is 14.1 Å². The summed E-state index contributed by atoms with van der Waals surface area (Å²) in [6.07, 6.45) is 0. The zero-order valence-electron chi connectivity index (χ0n) is 14.8. The van der Waals surface area contributed by atoms with Crippen molar-refractivity contribution in [3.05, 3.63) is 56.6 Å². The zero-order chi connectivity index (χ0) is 19.9. The Morgan fingerprint density at radius 2 is 1.30 bits per heavy atom. The van der Waals surface area contributed by atoms with Gasteiger partial charge in [0.15, 0.2) is 0 Å². The highest BCUT2D eigenvalue weighted by atomic mass is 16.6. The fourth-order valence-electron chi connectivity index (χ4n) is 1.88. The van der Waals surface area contributed by atoms with Crippen molar-refractivity contribution in [1.29, 1.82) is 0 Å². The Balaban J connectivity index is 0.000000488. The van der Waals surface area contributed by atoms with Gasteiger partial charge in [0.2, 0.25) is 0 Å². The van der Waals surface area contributed by atoms with Gasteiger partial charge in [0, 0.05) is 49.7 Å². The Morgan fingerprint density at radius 1 is 0.852 bits per heavy atom. The van der Waals surface area contributed by atoms with Crippen LogP contribution < -0.4 is 20.1 Å². The summed E-state index contributed by atoms with van der Waals surface area (Å²) in [5, 5.41) is 20.9. The minimum Gasteiger partial charge on any atom is -0.496 e. The smallest absolute Gasteiger partial charge is 0.275 e. The Kier molecular flexibility index (Phi) is 9.06. The number of ether oxygens (including phenoxy) is 2. The molecule has 0 bridgehead atoms. The summed E-state index contributed by atoms with van der Waals surface area (Å²) in [6, 6.07) is 8.76. The quantitative estimate of drug-likeness (QED) is 0.473. The van der Waals surface area contributed by atoms with Crippen molar-refractivity contribution < 1.29 is 19.3 Å². The molecule has 0 amide bonds. The van der Waals surface area contributed by atoms with E-state index < -0.39 is 9.85 Å². The van der Waals surface area contributed by atoms with Crippen molar-refractivity contribution in [1.82, 2.24) is 0 Å². The molecule has 0 aliphatic carbocycles. The Labute approximate surface area is 157 Å². The molecule has 0 spiro atoms. The maximum Gasteiger partial charge on any atom is 0.275 e. The summed E-state index contributed by atoms with van der Waals surface area (Å²) in [6.45, 7) is 0. The van der Waals surface area contributed by atoms with Gasteiger partial charge in [0.25, 0.3) is 11.4 Å². The summed E-state index contributed by atoms with van der Waals surface area (Å²) in [4.78, 5) is 21.7. The van der Waals surface area contributed by atoms with Gasteiger partial charge < -0.3 is 20.1 Å². The van der Waals surface area contributed by atoms with Crippen molar-refractivity contribution in [3.8, 4) is 11.5 Å². The molecule has 10 heteroatoms. The predicted molar refractivity (Wildman–Crippen MR) is 105 cm³/mol. The topological polar surface area (TPSA) is 134 Å². The highest BCUT2D eigenvalue weighted by Gasteiger charge is 2.11. The highest BCUT2D eigenvalue weighted by molar-refractivity contribution is 5.57. The molecule has 0 saturated heterocycles. The molecule has 2 N–H and O–H groups in total. The molecule has 0 aromatic heterocycles. The molecule has 0 radical (unpaired) electrons. The van der Waals surface area contributed by atoms with Crippen LogP contribution in [0.5, 0.6) is 11.5 Å².